The first kappa shape index (κ1) is 21.2. The molecule has 0 rings (SSSR count). The molecule has 22 heavy (non-hydrogen) atoms. The van der Waals surface area contributed by atoms with Gasteiger partial charge in [-0.2, -0.15) is 0 Å². The van der Waals surface area contributed by atoms with E-state index >= 15 is 0 Å². The number of guanidine groups is 1. The second-order valence-corrected chi connectivity index (χ2v) is 6.84. The van der Waals surface area contributed by atoms with E-state index in [0.717, 1.165) is 58.2 Å². The van der Waals surface area contributed by atoms with E-state index in [4.69, 9.17) is 9.73 Å². The van der Waals surface area contributed by atoms with Crippen molar-refractivity contribution in [3.63, 3.8) is 0 Å². The van der Waals surface area contributed by atoms with Crippen molar-refractivity contribution in [1.29, 1.82) is 0 Å². The minimum atomic E-state index is 0.176. The summed E-state index contributed by atoms with van der Waals surface area (Å²) in [6.07, 6.45) is 3.35. The summed E-state index contributed by atoms with van der Waals surface area (Å²) in [5.74, 6) is 0.905. The van der Waals surface area contributed by atoms with Crippen LogP contribution in [0.25, 0.3) is 0 Å². The van der Waals surface area contributed by atoms with Gasteiger partial charge < -0.3 is 20.3 Å². The molecule has 132 valence electrons. The summed E-state index contributed by atoms with van der Waals surface area (Å²) in [6.45, 7) is 14.1. The van der Waals surface area contributed by atoms with Gasteiger partial charge in [-0.3, -0.25) is 4.99 Å². The Hall–Kier alpha value is -0.810. The molecule has 0 aromatic rings. The smallest absolute Gasteiger partial charge is 0.191 e. The maximum atomic E-state index is 5.57. The highest BCUT2D eigenvalue weighted by atomic mass is 16.5. The average Bonchev–Trinajstić information content (AvgIpc) is 2.42. The fourth-order valence-corrected chi connectivity index (χ4v) is 2.27. The highest BCUT2D eigenvalue weighted by molar-refractivity contribution is 5.79. The zero-order valence-electron chi connectivity index (χ0n) is 15.7. The van der Waals surface area contributed by atoms with Crippen molar-refractivity contribution in [1.82, 2.24) is 15.5 Å². The van der Waals surface area contributed by atoms with Crippen LogP contribution in [-0.4, -0.2) is 64.3 Å². The van der Waals surface area contributed by atoms with E-state index in [0.29, 0.717) is 0 Å². The number of aliphatic imine (C=N–C) groups is 1. The van der Waals surface area contributed by atoms with E-state index in [2.05, 4.69) is 57.3 Å². The fraction of sp³-hybridized carbons (Fsp3) is 0.941. The Bertz CT molecular complexity index is 290. The molecule has 0 aliphatic carbocycles. The molecule has 5 heteroatoms. The summed E-state index contributed by atoms with van der Waals surface area (Å²) in [6, 6.07) is 0. The molecule has 2 N–H and O–H groups in total. The molecule has 5 nitrogen and oxygen atoms in total. The van der Waals surface area contributed by atoms with Crippen molar-refractivity contribution < 1.29 is 4.74 Å². The molecule has 0 aromatic heterocycles. The van der Waals surface area contributed by atoms with Gasteiger partial charge in [-0.25, -0.2) is 0 Å². The second-order valence-electron chi connectivity index (χ2n) is 6.84. The standard InChI is InChI=1S/C17H38N4O/c1-7-9-12-22-13-10-11-19-16(18-8-2)20-14-17(3,4)15-21(5)6/h7-15H2,1-6H3,(H2,18,19,20). The lowest BCUT2D eigenvalue weighted by atomic mass is 9.93. The van der Waals surface area contributed by atoms with E-state index in [1.807, 2.05) is 0 Å². The van der Waals surface area contributed by atoms with Crippen LogP contribution >= 0.6 is 0 Å². The number of unbranched alkanes of at least 4 members (excludes halogenated alkanes) is 1. The molecule has 0 fully saturated rings. The van der Waals surface area contributed by atoms with Crippen LogP contribution in [0.4, 0.5) is 0 Å². The van der Waals surface area contributed by atoms with Crippen LogP contribution in [0, 0.1) is 5.41 Å². The van der Waals surface area contributed by atoms with Crippen molar-refractivity contribution in [2.75, 3.05) is 53.5 Å². The van der Waals surface area contributed by atoms with Crippen LogP contribution in [0.1, 0.15) is 47.0 Å². The number of nitrogens with one attached hydrogen (secondary N) is 2. The lowest BCUT2D eigenvalue weighted by Crippen LogP contribution is -2.39. The number of nitrogens with zero attached hydrogens (tertiary/aromatic N) is 2. The monoisotopic (exact) mass is 314 g/mol. The number of ether oxygens (including phenoxy) is 1. The van der Waals surface area contributed by atoms with Gasteiger partial charge in [-0.05, 0) is 39.3 Å². The molecule has 0 heterocycles. The van der Waals surface area contributed by atoms with Crippen LogP contribution in [-0.2, 0) is 4.74 Å². The molecule has 0 aromatic carbocycles. The zero-order valence-corrected chi connectivity index (χ0v) is 15.7. The highest BCUT2D eigenvalue weighted by Crippen LogP contribution is 2.15. The summed E-state index contributed by atoms with van der Waals surface area (Å²) in [7, 11) is 4.21. The van der Waals surface area contributed by atoms with Crippen molar-refractivity contribution >= 4 is 5.96 Å². The molecule has 0 saturated carbocycles. The Morgan fingerprint density at radius 3 is 2.36 bits per heavy atom. The van der Waals surface area contributed by atoms with Crippen LogP contribution in [0.3, 0.4) is 0 Å². The largest absolute Gasteiger partial charge is 0.381 e. The Kier molecular flexibility index (Phi) is 12.2. The minimum absolute atomic E-state index is 0.176. The molecule has 0 unspecified atom stereocenters. The Labute approximate surface area is 137 Å². The lowest BCUT2D eigenvalue weighted by molar-refractivity contribution is 0.129. The third-order valence-corrected chi connectivity index (χ3v) is 3.15. The van der Waals surface area contributed by atoms with E-state index in [1.165, 1.54) is 6.42 Å². The normalized spacial score (nSPS) is 12.8. The molecular weight excluding hydrogens is 276 g/mol. The highest BCUT2D eigenvalue weighted by Gasteiger charge is 2.18. The molecule has 0 amide bonds. The predicted molar refractivity (Wildman–Crippen MR) is 96.7 cm³/mol. The number of hydrogen-bond donors (Lipinski definition) is 2. The van der Waals surface area contributed by atoms with Crippen LogP contribution in [0.5, 0.6) is 0 Å². The number of hydrogen-bond acceptors (Lipinski definition) is 3. The lowest BCUT2D eigenvalue weighted by Gasteiger charge is -2.26. The zero-order chi connectivity index (χ0) is 16.8. The fourth-order valence-electron chi connectivity index (χ4n) is 2.27. The maximum absolute atomic E-state index is 5.57. The molecule has 0 saturated heterocycles. The van der Waals surface area contributed by atoms with Gasteiger partial charge in [0.1, 0.15) is 0 Å². The van der Waals surface area contributed by atoms with E-state index in [-0.39, 0.29) is 5.41 Å². The quantitative estimate of drug-likeness (QED) is 0.330. The molecule has 0 aliphatic rings. The summed E-state index contributed by atoms with van der Waals surface area (Å²) in [5.41, 5.74) is 0.176. The molecule has 0 aliphatic heterocycles. The summed E-state index contributed by atoms with van der Waals surface area (Å²) in [5, 5.41) is 6.69. The van der Waals surface area contributed by atoms with Crippen LogP contribution in [0.2, 0.25) is 0 Å². The van der Waals surface area contributed by atoms with Gasteiger partial charge in [0.05, 0.1) is 0 Å². The van der Waals surface area contributed by atoms with E-state index in [1.54, 1.807) is 0 Å². The Balaban J connectivity index is 4.05. The molecule has 0 spiro atoms. The van der Waals surface area contributed by atoms with Crippen molar-refractivity contribution in [2.45, 2.75) is 47.0 Å². The van der Waals surface area contributed by atoms with Crippen LogP contribution in [0.15, 0.2) is 4.99 Å². The predicted octanol–water partition coefficient (Wildman–Crippen LogP) is 2.34. The Morgan fingerprint density at radius 1 is 1.09 bits per heavy atom. The van der Waals surface area contributed by atoms with Gasteiger partial charge in [0.25, 0.3) is 0 Å². The van der Waals surface area contributed by atoms with Crippen molar-refractivity contribution in [3.8, 4) is 0 Å². The SMILES string of the molecule is CCCCOCCCNC(=NCC(C)(C)CN(C)C)NCC. The van der Waals surface area contributed by atoms with Gasteiger partial charge >= 0.3 is 0 Å². The summed E-state index contributed by atoms with van der Waals surface area (Å²) < 4.78 is 5.57. The van der Waals surface area contributed by atoms with Gasteiger partial charge in [0.15, 0.2) is 5.96 Å². The summed E-state index contributed by atoms with van der Waals surface area (Å²) >= 11 is 0. The van der Waals surface area contributed by atoms with Gasteiger partial charge in [-0.1, -0.05) is 27.2 Å². The van der Waals surface area contributed by atoms with Gasteiger partial charge in [0.2, 0.25) is 0 Å². The third-order valence-electron chi connectivity index (χ3n) is 3.15. The maximum Gasteiger partial charge on any atom is 0.191 e. The van der Waals surface area contributed by atoms with E-state index < -0.39 is 0 Å². The minimum Gasteiger partial charge on any atom is -0.381 e. The van der Waals surface area contributed by atoms with Gasteiger partial charge in [0, 0.05) is 39.4 Å². The first-order chi connectivity index (χ1) is 10.4. The van der Waals surface area contributed by atoms with E-state index in [9.17, 15) is 0 Å². The molecule has 0 radical (unpaired) electrons. The summed E-state index contributed by atoms with van der Waals surface area (Å²) in [4.78, 5) is 6.92. The molecular formula is C17H38N4O. The average molecular weight is 315 g/mol. The molecule has 0 atom stereocenters. The topological polar surface area (TPSA) is 48.9 Å². The third kappa shape index (κ3) is 12.9. The number of rotatable bonds is 12. The first-order valence-electron chi connectivity index (χ1n) is 8.66. The Morgan fingerprint density at radius 2 is 1.77 bits per heavy atom. The molecule has 0 bridgehead atoms. The van der Waals surface area contributed by atoms with Crippen molar-refractivity contribution in [2.24, 2.45) is 10.4 Å². The second kappa shape index (κ2) is 12.7. The van der Waals surface area contributed by atoms with Crippen LogP contribution < -0.4 is 10.6 Å². The first-order valence-corrected chi connectivity index (χ1v) is 8.66. The van der Waals surface area contributed by atoms with Gasteiger partial charge in [-0.15, -0.1) is 0 Å². The van der Waals surface area contributed by atoms with Crippen molar-refractivity contribution in [3.05, 3.63) is 0 Å².